The average molecular weight is 151 g/mol. The minimum absolute atomic E-state index is 0.269. The Bertz CT molecular complexity index is 255. The van der Waals surface area contributed by atoms with E-state index in [9.17, 15) is 4.79 Å². The number of aromatic nitrogens is 3. The zero-order chi connectivity index (χ0) is 7.68. The molecule has 0 N–H and O–H groups in total. The molecule has 0 bridgehead atoms. The van der Waals surface area contributed by atoms with Crippen molar-refractivity contribution < 1.29 is 4.79 Å². The summed E-state index contributed by atoms with van der Waals surface area (Å²) in [6.45, 7) is 0. The van der Waals surface area contributed by atoms with Gasteiger partial charge in [-0.05, 0) is 6.42 Å². The highest BCUT2D eigenvalue weighted by atomic mass is 16.1. The van der Waals surface area contributed by atoms with E-state index in [1.165, 1.54) is 6.33 Å². The molecule has 0 aliphatic heterocycles. The molecule has 0 aromatic carbocycles. The third-order valence-corrected chi connectivity index (χ3v) is 2.03. The third kappa shape index (κ3) is 1.15. The Morgan fingerprint density at radius 1 is 1.64 bits per heavy atom. The summed E-state index contributed by atoms with van der Waals surface area (Å²) in [6.07, 6.45) is 5.42. The van der Waals surface area contributed by atoms with Gasteiger partial charge < -0.3 is 0 Å². The van der Waals surface area contributed by atoms with E-state index in [0.717, 1.165) is 6.42 Å². The van der Waals surface area contributed by atoms with Gasteiger partial charge in [0.15, 0.2) is 0 Å². The summed E-state index contributed by atoms with van der Waals surface area (Å²) in [4.78, 5) is 14.7. The van der Waals surface area contributed by atoms with Crippen LogP contribution in [0.5, 0.6) is 0 Å². The summed E-state index contributed by atoms with van der Waals surface area (Å²) in [5.41, 5.74) is 0. The van der Waals surface area contributed by atoms with Crippen LogP contribution >= 0.6 is 0 Å². The summed E-state index contributed by atoms with van der Waals surface area (Å²) in [5.74, 6) is 0.338. The van der Waals surface area contributed by atoms with Crippen molar-refractivity contribution in [1.82, 2.24) is 14.8 Å². The third-order valence-electron chi connectivity index (χ3n) is 2.03. The maximum Gasteiger partial charge on any atom is 0.137 e. The molecule has 1 saturated carbocycles. The molecular weight excluding hydrogens is 142 g/mol. The lowest BCUT2D eigenvalue weighted by molar-refractivity contribution is -0.117. The Morgan fingerprint density at radius 2 is 2.55 bits per heavy atom. The maximum atomic E-state index is 10.9. The molecule has 58 valence electrons. The Kier molecular flexibility index (Phi) is 1.45. The standard InChI is InChI=1S/C7H9N3O/c11-7-2-1-6(3-7)10-5-8-4-9-10/h4-6H,1-3H2. The van der Waals surface area contributed by atoms with Crippen LogP contribution in [0.1, 0.15) is 25.3 Å². The maximum absolute atomic E-state index is 10.9. The lowest BCUT2D eigenvalue weighted by Gasteiger charge is -2.05. The molecule has 0 radical (unpaired) electrons. The number of carbonyl (C=O) groups is 1. The molecule has 1 atom stereocenters. The summed E-state index contributed by atoms with van der Waals surface area (Å²) in [5, 5.41) is 3.99. The lowest BCUT2D eigenvalue weighted by atomic mass is 10.3. The van der Waals surface area contributed by atoms with Gasteiger partial charge in [-0.2, -0.15) is 5.10 Å². The van der Waals surface area contributed by atoms with Crippen molar-refractivity contribution in [2.24, 2.45) is 0 Å². The molecule has 0 amide bonds. The molecule has 4 nitrogen and oxygen atoms in total. The Hall–Kier alpha value is -1.19. The van der Waals surface area contributed by atoms with Crippen molar-refractivity contribution in [2.45, 2.75) is 25.3 Å². The number of rotatable bonds is 1. The van der Waals surface area contributed by atoms with E-state index in [1.807, 2.05) is 0 Å². The predicted octanol–water partition coefficient (Wildman–Crippen LogP) is 0.572. The molecule has 11 heavy (non-hydrogen) atoms. The van der Waals surface area contributed by atoms with Crippen LogP contribution in [0, 0.1) is 0 Å². The first-order chi connectivity index (χ1) is 5.36. The van der Waals surface area contributed by atoms with Gasteiger partial charge in [0.1, 0.15) is 18.4 Å². The van der Waals surface area contributed by atoms with E-state index < -0.39 is 0 Å². The second kappa shape index (κ2) is 2.45. The van der Waals surface area contributed by atoms with Gasteiger partial charge in [0.2, 0.25) is 0 Å². The van der Waals surface area contributed by atoms with Gasteiger partial charge in [0.25, 0.3) is 0 Å². The fourth-order valence-corrected chi connectivity index (χ4v) is 1.43. The minimum Gasteiger partial charge on any atom is -0.300 e. The number of nitrogens with zero attached hydrogens (tertiary/aromatic N) is 3. The van der Waals surface area contributed by atoms with Crippen molar-refractivity contribution in [3.63, 3.8) is 0 Å². The fraction of sp³-hybridized carbons (Fsp3) is 0.571. The number of ketones is 1. The zero-order valence-corrected chi connectivity index (χ0v) is 6.10. The van der Waals surface area contributed by atoms with E-state index in [2.05, 4.69) is 10.1 Å². The summed E-state index contributed by atoms with van der Waals surface area (Å²) >= 11 is 0. The molecule has 0 spiro atoms. The predicted molar refractivity (Wildman–Crippen MR) is 37.9 cm³/mol. The largest absolute Gasteiger partial charge is 0.300 e. The molecule has 2 rings (SSSR count). The van der Waals surface area contributed by atoms with E-state index in [4.69, 9.17) is 0 Å². The van der Waals surface area contributed by atoms with Crippen molar-refractivity contribution in [3.8, 4) is 0 Å². The highest BCUT2D eigenvalue weighted by Crippen LogP contribution is 2.25. The SMILES string of the molecule is O=C1CCC(n2cncn2)C1. The molecule has 1 unspecified atom stereocenters. The highest BCUT2D eigenvalue weighted by molar-refractivity contribution is 5.80. The quantitative estimate of drug-likeness (QED) is 0.589. The van der Waals surface area contributed by atoms with Gasteiger partial charge in [0.05, 0.1) is 6.04 Å². The van der Waals surface area contributed by atoms with E-state index >= 15 is 0 Å². The number of hydrogen-bond acceptors (Lipinski definition) is 3. The molecule has 1 fully saturated rings. The smallest absolute Gasteiger partial charge is 0.137 e. The molecule has 1 heterocycles. The number of hydrogen-bond donors (Lipinski definition) is 0. The molecule has 1 aliphatic carbocycles. The van der Waals surface area contributed by atoms with Gasteiger partial charge in [-0.15, -0.1) is 0 Å². The number of carbonyl (C=O) groups excluding carboxylic acids is 1. The van der Waals surface area contributed by atoms with E-state index in [1.54, 1.807) is 11.0 Å². The Morgan fingerprint density at radius 3 is 3.09 bits per heavy atom. The van der Waals surface area contributed by atoms with Crippen molar-refractivity contribution >= 4 is 5.78 Å². The second-order valence-electron chi connectivity index (χ2n) is 2.81. The first-order valence-corrected chi connectivity index (χ1v) is 3.72. The van der Waals surface area contributed by atoms with Crippen LogP contribution in [0.2, 0.25) is 0 Å². The molecule has 1 aromatic heterocycles. The molecular formula is C7H9N3O. The van der Waals surface area contributed by atoms with Gasteiger partial charge >= 0.3 is 0 Å². The van der Waals surface area contributed by atoms with Crippen LogP contribution < -0.4 is 0 Å². The van der Waals surface area contributed by atoms with Crippen LogP contribution in [0.4, 0.5) is 0 Å². The van der Waals surface area contributed by atoms with E-state index in [0.29, 0.717) is 18.6 Å². The van der Waals surface area contributed by atoms with Crippen molar-refractivity contribution in [3.05, 3.63) is 12.7 Å². The summed E-state index contributed by atoms with van der Waals surface area (Å²) in [7, 11) is 0. The van der Waals surface area contributed by atoms with Gasteiger partial charge in [-0.3, -0.25) is 4.79 Å². The summed E-state index contributed by atoms with van der Waals surface area (Å²) in [6, 6.07) is 0.269. The van der Waals surface area contributed by atoms with E-state index in [-0.39, 0.29) is 6.04 Å². The monoisotopic (exact) mass is 151 g/mol. The normalized spacial score (nSPS) is 24.4. The minimum atomic E-state index is 0.269. The van der Waals surface area contributed by atoms with Crippen LogP contribution in [-0.4, -0.2) is 20.5 Å². The lowest BCUT2D eigenvalue weighted by Crippen LogP contribution is -2.05. The van der Waals surface area contributed by atoms with Gasteiger partial charge in [-0.25, -0.2) is 9.67 Å². The molecule has 1 aliphatic rings. The Balaban J connectivity index is 2.13. The topological polar surface area (TPSA) is 47.8 Å². The average Bonchev–Trinajstić information content (AvgIpc) is 2.55. The van der Waals surface area contributed by atoms with Crippen molar-refractivity contribution in [1.29, 1.82) is 0 Å². The molecule has 1 aromatic rings. The van der Waals surface area contributed by atoms with Gasteiger partial charge in [0, 0.05) is 12.8 Å². The zero-order valence-electron chi connectivity index (χ0n) is 6.10. The molecule has 0 saturated heterocycles. The van der Waals surface area contributed by atoms with Crippen LogP contribution in [0.3, 0.4) is 0 Å². The van der Waals surface area contributed by atoms with Crippen LogP contribution in [0.15, 0.2) is 12.7 Å². The summed E-state index contributed by atoms with van der Waals surface area (Å²) < 4.78 is 1.77. The van der Waals surface area contributed by atoms with Crippen LogP contribution in [0.25, 0.3) is 0 Å². The van der Waals surface area contributed by atoms with Crippen LogP contribution in [-0.2, 0) is 4.79 Å². The number of Topliss-reactive ketones (excluding diaryl/α,β-unsaturated/α-hetero) is 1. The molecule has 4 heteroatoms. The van der Waals surface area contributed by atoms with Gasteiger partial charge in [-0.1, -0.05) is 0 Å². The first kappa shape index (κ1) is 6.52. The first-order valence-electron chi connectivity index (χ1n) is 3.72. The van der Waals surface area contributed by atoms with Crippen molar-refractivity contribution in [2.75, 3.05) is 0 Å². The fourth-order valence-electron chi connectivity index (χ4n) is 1.43. The highest BCUT2D eigenvalue weighted by Gasteiger charge is 2.23. The second-order valence-corrected chi connectivity index (χ2v) is 2.81. The Labute approximate surface area is 64.2 Å².